The minimum Gasteiger partial charge on any atom is -0.478 e. The largest absolute Gasteiger partial charge is 0.478 e. The van der Waals surface area contributed by atoms with Crippen LogP contribution in [-0.2, 0) is 18.7 Å². The summed E-state index contributed by atoms with van der Waals surface area (Å²) in [6, 6.07) is 0. The number of carboxylic acid groups (broad SMARTS) is 2. The third-order valence-electron chi connectivity index (χ3n) is 1.29. The number of carboxylic acids is 2. The highest BCUT2D eigenvalue weighted by molar-refractivity contribution is 7.32. The molecule has 0 spiro atoms. The van der Waals surface area contributed by atoms with Crippen LogP contribution < -0.4 is 0 Å². The third kappa shape index (κ3) is 3.37. The average Bonchev–Trinajstić information content (AvgIpc) is 2.02. The molecule has 0 heterocycles. The highest BCUT2D eigenvalue weighted by atomic mass is 31.1. The highest BCUT2D eigenvalue weighted by Crippen LogP contribution is 2.23. The molecule has 1 unspecified atom stereocenters. The van der Waals surface area contributed by atoms with E-state index >= 15 is 0 Å². The van der Waals surface area contributed by atoms with E-state index in [2.05, 4.69) is 6.58 Å². The first kappa shape index (κ1) is 12.3. The molecule has 0 aromatic heterocycles. The fourth-order valence-electron chi connectivity index (χ4n) is 0.733. The first-order valence-corrected chi connectivity index (χ1v) is 4.58. The van der Waals surface area contributed by atoms with Crippen molar-refractivity contribution < 1.29 is 28.9 Å². The van der Waals surface area contributed by atoms with Gasteiger partial charge in [-0.15, -0.1) is 6.58 Å². The molecular weight excluding hydrogens is 211 g/mol. The topological polar surface area (TPSA) is 109 Å². The van der Waals surface area contributed by atoms with Gasteiger partial charge in [0, 0.05) is 6.08 Å². The molecule has 6 nitrogen and oxygen atoms in total. The molecule has 0 rings (SSSR count). The quantitative estimate of drug-likeness (QED) is 0.401. The lowest BCUT2D eigenvalue weighted by Crippen LogP contribution is -2.13. The van der Waals surface area contributed by atoms with E-state index in [-0.39, 0.29) is 0 Å². The Balaban J connectivity index is 5.29. The maximum absolute atomic E-state index is 10.5. The zero-order chi connectivity index (χ0) is 11.3. The average molecular weight is 218 g/mol. The lowest BCUT2D eigenvalue weighted by molar-refractivity contribution is -0.135. The summed E-state index contributed by atoms with van der Waals surface area (Å²) in [7, 11) is -3.10. The van der Waals surface area contributed by atoms with Gasteiger partial charge in [0.05, 0.1) is 5.57 Å². The van der Waals surface area contributed by atoms with E-state index in [0.717, 1.165) is 6.08 Å². The van der Waals surface area contributed by atoms with E-state index in [1.165, 1.54) is 0 Å². The molecule has 76 valence electrons. The van der Waals surface area contributed by atoms with Crippen molar-refractivity contribution in [1.82, 2.24) is 0 Å². The maximum Gasteiger partial charge on any atom is 0.333 e. The molecular formula is C7H7O6P. The number of aliphatic carboxylic acids is 2. The fraction of sp³-hybridized carbons (Fsp3) is 0.143. The van der Waals surface area contributed by atoms with Crippen molar-refractivity contribution in [1.29, 1.82) is 0 Å². The lowest BCUT2D eigenvalue weighted by Gasteiger charge is -2.02. The van der Waals surface area contributed by atoms with Crippen LogP contribution in [0.2, 0.25) is 0 Å². The van der Waals surface area contributed by atoms with Crippen molar-refractivity contribution in [3.05, 3.63) is 24.3 Å². The SMILES string of the molecule is C=CC(C(=CC(=O)O)C(=O)O)P(=O)=O. The minimum absolute atomic E-state index is 0.333. The molecule has 0 amide bonds. The predicted octanol–water partition coefficient (Wildman–Crippen LogP) is 0.809. The lowest BCUT2D eigenvalue weighted by atomic mass is 10.1. The summed E-state index contributed by atoms with van der Waals surface area (Å²) in [5.41, 5.74) is -2.22. The van der Waals surface area contributed by atoms with Gasteiger partial charge in [-0.1, -0.05) is 6.08 Å². The molecule has 14 heavy (non-hydrogen) atoms. The summed E-state index contributed by atoms with van der Waals surface area (Å²) in [6.45, 7) is 3.11. The number of carbonyl (C=O) groups is 2. The van der Waals surface area contributed by atoms with Crippen molar-refractivity contribution in [2.24, 2.45) is 0 Å². The molecule has 0 aromatic rings. The molecule has 1 atom stereocenters. The second-order valence-corrected chi connectivity index (χ2v) is 3.34. The van der Waals surface area contributed by atoms with Gasteiger partial charge < -0.3 is 10.2 Å². The summed E-state index contributed by atoms with van der Waals surface area (Å²) < 4.78 is 21.1. The second-order valence-electron chi connectivity index (χ2n) is 2.21. The van der Waals surface area contributed by atoms with Gasteiger partial charge in [-0.2, -0.15) is 0 Å². The van der Waals surface area contributed by atoms with Crippen molar-refractivity contribution in [2.45, 2.75) is 5.66 Å². The molecule has 0 saturated heterocycles. The summed E-state index contributed by atoms with van der Waals surface area (Å²) in [4.78, 5) is 20.7. The van der Waals surface area contributed by atoms with Gasteiger partial charge in [-0.25, -0.2) is 18.7 Å². The van der Waals surface area contributed by atoms with Crippen LogP contribution in [0.4, 0.5) is 0 Å². The molecule has 0 aliphatic rings. The summed E-state index contributed by atoms with van der Waals surface area (Å²) in [6.07, 6.45) is 1.19. The normalized spacial score (nSPS) is 13.0. The Kier molecular flexibility index (Phi) is 4.52. The van der Waals surface area contributed by atoms with Crippen LogP contribution in [0.3, 0.4) is 0 Å². The Bertz CT molecular complexity index is 356. The molecule has 0 radical (unpaired) electrons. The van der Waals surface area contributed by atoms with Gasteiger partial charge >= 0.3 is 19.6 Å². The maximum atomic E-state index is 10.5. The van der Waals surface area contributed by atoms with Crippen LogP contribution in [0.15, 0.2) is 24.3 Å². The molecule has 0 saturated carbocycles. The fourth-order valence-corrected chi connectivity index (χ4v) is 1.32. The van der Waals surface area contributed by atoms with E-state index in [1.54, 1.807) is 0 Å². The van der Waals surface area contributed by atoms with E-state index in [0.29, 0.717) is 6.08 Å². The minimum atomic E-state index is -3.10. The molecule has 0 bridgehead atoms. The van der Waals surface area contributed by atoms with Gasteiger partial charge in [0.15, 0.2) is 0 Å². The van der Waals surface area contributed by atoms with Crippen LogP contribution in [0.5, 0.6) is 0 Å². The highest BCUT2D eigenvalue weighted by Gasteiger charge is 2.23. The van der Waals surface area contributed by atoms with Crippen LogP contribution in [0.1, 0.15) is 0 Å². The Morgan fingerprint density at radius 1 is 1.29 bits per heavy atom. The van der Waals surface area contributed by atoms with Gasteiger partial charge in [0.25, 0.3) is 0 Å². The first-order chi connectivity index (χ1) is 6.40. The molecule has 0 aliphatic heterocycles. The van der Waals surface area contributed by atoms with Gasteiger partial charge in [0.2, 0.25) is 0 Å². The number of rotatable bonds is 5. The molecule has 7 heteroatoms. The number of hydrogen-bond acceptors (Lipinski definition) is 4. The molecule has 0 aliphatic carbocycles. The van der Waals surface area contributed by atoms with Crippen LogP contribution in [-0.4, -0.2) is 27.8 Å². The zero-order valence-corrected chi connectivity index (χ0v) is 7.81. The molecule has 0 aromatic carbocycles. The molecule has 0 fully saturated rings. The second kappa shape index (κ2) is 5.14. The Hall–Kier alpha value is -1.68. The van der Waals surface area contributed by atoms with Gasteiger partial charge in [-0.05, 0) is 0 Å². The van der Waals surface area contributed by atoms with E-state index in [4.69, 9.17) is 10.2 Å². The van der Waals surface area contributed by atoms with Crippen molar-refractivity contribution in [3.8, 4) is 0 Å². The smallest absolute Gasteiger partial charge is 0.333 e. The van der Waals surface area contributed by atoms with Gasteiger partial charge in [0.1, 0.15) is 5.66 Å². The van der Waals surface area contributed by atoms with E-state index < -0.39 is 30.9 Å². The van der Waals surface area contributed by atoms with E-state index in [1.807, 2.05) is 0 Å². The molecule has 2 N–H and O–H groups in total. The monoisotopic (exact) mass is 218 g/mol. The summed E-state index contributed by atoms with van der Waals surface area (Å²) in [5, 5.41) is 16.8. The summed E-state index contributed by atoms with van der Waals surface area (Å²) >= 11 is 0. The Morgan fingerprint density at radius 2 is 1.79 bits per heavy atom. The Labute approximate surface area is 79.4 Å². The number of allylic oxidation sites excluding steroid dienone is 1. The number of hydrogen-bond donors (Lipinski definition) is 2. The van der Waals surface area contributed by atoms with Crippen molar-refractivity contribution in [2.75, 3.05) is 0 Å². The van der Waals surface area contributed by atoms with Crippen molar-refractivity contribution in [3.63, 3.8) is 0 Å². The van der Waals surface area contributed by atoms with Crippen LogP contribution >= 0.6 is 7.68 Å². The Morgan fingerprint density at radius 3 is 2.00 bits per heavy atom. The third-order valence-corrected chi connectivity index (χ3v) is 2.24. The zero-order valence-electron chi connectivity index (χ0n) is 6.91. The van der Waals surface area contributed by atoms with E-state index in [9.17, 15) is 18.7 Å². The van der Waals surface area contributed by atoms with Crippen molar-refractivity contribution >= 4 is 19.6 Å². The first-order valence-electron chi connectivity index (χ1n) is 3.34. The standard InChI is InChI=1S/C7H7O6P/c1-2-5(14(12)13)4(7(10)11)3-6(8)9/h2-3,5H,1H2,(H,8,9)(H,10,11). The van der Waals surface area contributed by atoms with Crippen LogP contribution in [0, 0.1) is 0 Å². The predicted molar refractivity (Wildman–Crippen MR) is 45.6 cm³/mol. The van der Waals surface area contributed by atoms with Crippen LogP contribution in [0.25, 0.3) is 0 Å². The summed E-state index contributed by atoms with van der Waals surface area (Å²) in [5.74, 6) is -3.12. The van der Waals surface area contributed by atoms with Gasteiger partial charge in [-0.3, -0.25) is 0 Å².